The third-order valence-electron chi connectivity index (χ3n) is 3.57. The number of rotatable bonds is 5. The molecule has 23 heavy (non-hydrogen) atoms. The van der Waals surface area contributed by atoms with Crippen LogP contribution >= 0.6 is 34.8 Å². The lowest BCUT2D eigenvalue weighted by molar-refractivity contribution is 0.0695. The first-order valence-corrected chi connectivity index (χ1v) is 7.94. The Hall–Kier alpha value is -1.49. The number of aryl methyl sites for hydroxylation is 3. The van der Waals surface area contributed by atoms with E-state index >= 15 is 0 Å². The van der Waals surface area contributed by atoms with Gasteiger partial charge >= 0.3 is 5.97 Å². The Labute approximate surface area is 148 Å². The molecular formula is C16H14Cl3NO3. The molecule has 7 heteroatoms. The van der Waals surface area contributed by atoms with Crippen LogP contribution in [-0.4, -0.2) is 21.8 Å². The zero-order valence-electron chi connectivity index (χ0n) is 12.5. The zero-order chi connectivity index (χ0) is 17.3. The van der Waals surface area contributed by atoms with Crippen molar-refractivity contribution >= 4 is 46.6 Å². The van der Waals surface area contributed by atoms with Crippen molar-refractivity contribution in [1.29, 1.82) is 0 Å². The number of hydrogen-bond donors (Lipinski definition) is 2. The molecule has 0 saturated carbocycles. The molecule has 0 radical (unpaired) electrons. The van der Waals surface area contributed by atoms with E-state index in [9.17, 15) is 9.59 Å². The second-order valence-electron chi connectivity index (χ2n) is 5.27. The van der Waals surface area contributed by atoms with Crippen LogP contribution in [-0.2, 0) is 6.42 Å². The van der Waals surface area contributed by atoms with Crippen molar-refractivity contribution in [2.45, 2.75) is 26.7 Å². The topological polar surface area (TPSA) is 70.2 Å². The Bertz CT molecular complexity index is 773. The first-order chi connectivity index (χ1) is 10.7. The van der Waals surface area contributed by atoms with E-state index in [0.29, 0.717) is 23.1 Å². The Balaban J connectivity index is 2.16. The maximum Gasteiger partial charge on any atom is 0.336 e. The van der Waals surface area contributed by atoms with Gasteiger partial charge in [0.1, 0.15) is 10.8 Å². The summed E-state index contributed by atoms with van der Waals surface area (Å²) in [5.41, 5.74) is 2.72. The second-order valence-corrected chi connectivity index (χ2v) is 6.41. The van der Waals surface area contributed by atoms with Gasteiger partial charge < -0.3 is 10.1 Å². The van der Waals surface area contributed by atoms with Gasteiger partial charge in [0.25, 0.3) is 0 Å². The monoisotopic (exact) mass is 373 g/mol. The average molecular weight is 375 g/mol. The Kier molecular flexibility index (Phi) is 5.40. The molecule has 2 aromatic rings. The molecule has 0 aliphatic rings. The molecule has 0 aliphatic heterocycles. The molecule has 1 heterocycles. The number of ketones is 1. The predicted molar refractivity (Wildman–Crippen MR) is 91.3 cm³/mol. The lowest BCUT2D eigenvalue weighted by Gasteiger charge is -2.09. The fourth-order valence-electron chi connectivity index (χ4n) is 2.54. The number of benzene rings is 1. The van der Waals surface area contributed by atoms with E-state index in [1.54, 1.807) is 26.0 Å². The molecule has 0 fully saturated rings. The van der Waals surface area contributed by atoms with Gasteiger partial charge in [-0.05, 0) is 37.0 Å². The number of carbonyl (C=O) groups excluding carboxylic acids is 1. The summed E-state index contributed by atoms with van der Waals surface area (Å²) in [6.07, 6.45) is 0.670. The van der Waals surface area contributed by atoms with Gasteiger partial charge in [-0.1, -0.05) is 46.9 Å². The Morgan fingerprint density at radius 2 is 1.65 bits per heavy atom. The van der Waals surface area contributed by atoms with Gasteiger partial charge in [-0.15, -0.1) is 0 Å². The van der Waals surface area contributed by atoms with Gasteiger partial charge in [-0.2, -0.15) is 0 Å². The number of Topliss-reactive ketones (excluding diaryl/α,β-unsaturated/α-hetero) is 1. The highest BCUT2D eigenvalue weighted by atomic mass is 35.5. The van der Waals surface area contributed by atoms with Gasteiger partial charge in [0, 0.05) is 6.42 Å². The number of carboxylic acids is 1. The third-order valence-corrected chi connectivity index (χ3v) is 4.80. The number of halogens is 3. The smallest absolute Gasteiger partial charge is 0.336 e. The van der Waals surface area contributed by atoms with E-state index in [2.05, 4.69) is 4.98 Å². The number of carboxylic acid groups (broad SMARTS) is 1. The molecule has 122 valence electrons. The summed E-state index contributed by atoms with van der Waals surface area (Å²) >= 11 is 17.6. The van der Waals surface area contributed by atoms with Crippen molar-refractivity contribution in [2.75, 3.05) is 0 Å². The lowest BCUT2D eigenvalue weighted by atomic mass is 9.96. The number of nitrogens with one attached hydrogen (secondary N) is 1. The molecule has 0 aliphatic carbocycles. The van der Waals surface area contributed by atoms with Crippen LogP contribution in [0, 0.1) is 13.8 Å². The maximum atomic E-state index is 12.2. The van der Waals surface area contributed by atoms with Crippen LogP contribution < -0.4 is 0 Å². The molecule has 2 rings (SSSR count). The average Bonchev–Trinajstić information content (AvgIpc) is 2.71. The van der Waals surface area contributed by atoms with Gasteiger partial charge in [-0.25, -0.2) is 4.79 Å². The fourth-order valence-corrected chi connectivity index (χ4v) is 3.16. The summed E-state index contributed by atoms with van der Waals surface area (Å²) in [5, 5.41) is 9.56. The molecule has 0 spiro atoms. The largest absolute Gasteiger partial charge is 0.478 e. The minimum Gasteiger partial charge on any atom is -0.478 e. The highest BCUT2D eigenvalue weighted by Gasteiger charge is 2.19. The number of carbonyl (C=O) groups is 2. The SMILES string of the molecule is Cc1cc(CCC(=O)c2[nH]c(Cl)c(Cl)c2Cl)cc(C)c1C(=O)O. The summed E-state index contributed by atoms with van der Waals surface area (Å²) in [5.74, 6) is -1.16. The molecule has 0 bridgehead atoms. The first kappa shape index (κ1) is 17.9. The molecule has 0 unspecified atom stereocenters. The number of aromatic nitrogens is 1. The molecule has 1 aromatic carbocycles. The van der Waals surface area contributed by atoms with Crippen molar-refractivity contribution in [2.24, 2.45) is 0 Å². The minimum atomic E-state index is -0.954. The van der Waals surface area contributed by atoms with Gasteiger partial charge in [0.05, 0.1) is 15.6 Å². The number of H-pyrrole nitrogens is 1. The van der Waals surface area contributed by atoms with E-state index in [-0.39, 0.29) is 33.1 Å². The summed E-state index contributed by atoms with van der Waals surface area (Å²) in [6.45, 7) is 3.48. The number of hydrogen-bond acceptors (Lipinski definition) is 2. The van der Waals surface area contributed by atoms with E-state index in [0.717, 1.165) is 5.56 Å². The van der Waals surface area contributed by atoms with Crippen LogP contribution in [0.4, 0.5) is 0 Å². The van der Waals surface area contributed by atoms with Crippen molar-refractivity contribution in [3.05, 3.63) is 55.3 Å². The highest BCUT2D eigenvalue weighted by molar-refractivity contribution is 6.49. The van der Waals surface area contributed by atoms with Crippen molar-refractivity contribution in [1.82, 2.24) is 4.98 Å². The predicted octanol–water partition coefficient (Wildman–Crippen LogP) is 5.11. The van der Waals surface area contributed by atoms with E-state index in [1.807, 2.05) is 0 Å². The van der Waals surface area contributed by atoms with Crippen LogP contribution in [0.3, 0.4) is 0 Å². The van der Waals surface area contributed by atoms with Crippen LogP contribution in [0.15, 0.2) is 12.1 Å². The molecule has 1 aromatic heterocycles. The number of aromatic carboxylic acids is 1. The molecule has 0 atom stereocenters. The maximum absolute atomic E-state index is 12.2. The van der Waals surface area contributed by atoms with Crippen molar-refractivity contribution < 1.29 is 14.7 Å². The van der Waals surface area contributed by atoms with Crippen molar-refractivity contribution in [3.63, 3.8) is 0 Å². The molecule has 0 amide bonds. The van der Waals surface area contributed by atoms with E-state index in [4.69, 9.17) is 39.9 Å². The van der Waals surface area contributed by atoms with Crippen LogP contribution in [0.1, 0.15) is 44.0 Å². The zero-order valence-corrected chi connectivity index (χ0v) is 14.7. The van der Waals surface area contributed by atoms with Gasteiger partial charge in [0.15, 0.2) is 5.78 Å². The summed E-state index contributed by atoms with van der Waals surface area (Å²) in [7, 11) is 0. The van der Waals surface area contributed by atoms with Crippen LogP contribution in [0.5, 0.6) is 0 Å². The van der Waals surface area contributed by atoms with Crippen LogP contribution in [0.2, 0.25) is 15.2 Å². The summed E-state index contributed by atoms with van der Waals surface area (Å²) in [6, 6.07) is 3.56. The van der Waals surface area contributed by atoms with E-state index < -0.39 is 5.97 Å². The molecule has 2 N–H and O–H groups in total. The summed E-state index contributed by atoms with van der Waals surface area (Å²) < 4.78 is 0. The third kappa shape index (κ3) is 3.71. The summed E-state index contributed by atoms with van der Waals surface area (Å²) in [4.78, 5) is 26.1. The molecular weight excluding hydrogens is 361 g/mol. The molecule has 4 nitrogen and oxygen atoms in total. The Morgan fingerprint density at radius 1 is 1.09 bits per heavy atom. The quantitative estimate of drug-likeness (QED) is 0.715. The van der Waals surface area contributed by atoms with Crippen molar-refractivity contribution in [3.8, 4) is 0 Å². The highest BCUT2D eigenvalue weighted by Crippen LogP contribution is 2.33. The van der Waals surface area contributed by atoms with Gasteiger partial charge in [0.2, 0.25) is 0 Å². The first-order valence-electron chi connectivity index (χ1n) is 6.81. The fraction of sp³-hybridized carbons (Fsp3) is 0.250. The number of aromatic amines is 1. The Morgan fingerprint density at radius 3 is 2.09 bits per heavy atom. The van der Waals surface area contributed by atoms with E-state index in [1.165, 1.54) is 0 Å². The minimum absolute atomic E-state index is 0.121. The van der Waals surface area contributed by atoms with Gasteiger partial charge in [-0.3, -0.25) is 4.79 Å². The molecule has 0 saturated heterocycles. The van der Waals surface area contributed by atoms with Crippen LogP contribution in [0.25, 0.3) is 0 Å². The standard InChI is InChI=1S/C16H14Cl3NO3/c1-7-5-9(6-8(2)11(7)16(22)23)3-4-10(21)14-12(17)13(18)15(19)20-14/h5-6,20H,3-4H2,1-2H3,(H,22,23). The second kappa shape index (κ2) is 6.95. The lowest BCUT2D eigenvalue weighted by Crippen LogP contribution is -2.06. The normalized spacial score (nSPS) is 10.8.